The predicted octanol–water partition coefficient (Wildman–Crippen LogP) is 3.01. The van der Waals surface area contributed by atoms with Crippen LogP contribution in [0, 0.1) is 0 Å². The van der Waals surface area contributed by atoms with Crippen molar-refractivity contribution in [1.82, 2.24) is 15.2 Å². The summed E-state index contributed by atoms with van der Waals surface area (Å²) in [7, 11) is 2.19. The normalized spacial score (nSPS) is 19.6. The molecule has 0 bridgehead atoms. The van der Waals surface area contributed by atoms with Gasteiger partial charge in [0.1, 0.15) is 0 Å². The van der Waals surface area contributed by atoms with Crippen LogP contribution in [0.5, 0.6) is 0 Å². The van der Waals surface area contributed by atoms with Crippen molar-refractivity contribution in [3.8, 4) is 0 Å². The minimum atomic E-state index is 0.657. The summed E-state index contributed by atoms with van der Waals surface area (Å²) in [5, 5.41) is 5.60. The third kappa shape index (κ3) is 2.94. The Kier molecular flexibility index (Phi) is 3.78. The highest BCUT2D eigenvalue weighted by atomic mass is 35.5. The first kappa shape index (κ1) is 13.0. The van der Waals surface area contributed by atoms with Gasteiger partial charge in [-0.3, -0.25) is 0 Å². The second kappa shape index (κ2) is 5.53. The summed E-state index contributed by atoms with van der Waals surface area (Å²) in [5.41, 5.74) is 2.46. The van der Waals surface area contributed by atoms with Crippen LogP contribution in [0.4, 0.5) is 0 Å². The number of H-pyrrole nitrogens is 1. The van der Waals surface area contributed by atoms with E-state index in [9.17, 15) is 0 Å². The standard InChI is InChI=1S/C15H20ClN3/c1-19(10-13-3-2-6-17-13)9-11-8-18-15-7-12(16)4-5-14(11)15/h4-5,7-8,13,17-18H,2-3,6,9-10H2,1H3. The Bertz CT molecular complexity index is 558. The molecule has 1 aliphatic rings. The van der Waals surface area contributed by atoms with E-state index in [1.165, 1.54) is 30.3 Å². The molecule has 1 atom stereocenters. The predicted molar refractivity (Wildman–Crippen MR) is 80.7 cm³/mol. The van der Waals surface area contributed by atoms with Crippen LogP contribution in [0.3, 0.4) is 0 Å². The van der Waals surface area contributed by atoms with Gasteiger partial charge < -0.3 is 15.2 Å². The number of benzene rings is 1. The number of fused-ring (bicyclic) bond motifs is 1. The molecular formula is C15H20ClN3. The molecule has 0 radical (unpaired) electrons. The van der Waals surface area contributed by atoms with Crippen molar-refractivity contribution in [2.75, 3.05) is 20.1 Å². The third-order valence-electron chi connectivity index (χ3n) is 3.86. The Labute approximate surface area is 118 Å². The smallest absolute Gasteiger partial charge is 0.0472 e. The summed E-state index contributed by atoms with van der Waals surface area (Å²) < 4.78 is 0. The molecule has 1 saturated heterocycles. The van der Waals surface area contributed by atoms with Crippen molar-refractivity contribution >= 4 is 22.5 Å². The van der Waals surface area contributed by atoms with Gasteiger partial charge in [-0.1, -0.05) is 17.7 Å². The quantitative estimate of drug-likeness (QED) is 0.900. The maximum Gasteiger partial charge on any atom is 0.0472 e. The van der Waals surface area contributed by atoms with Crippen LogP contribution < -0.4 is 5.32 Å². The average Bonchev–Trinajstić information content (AvgIpc) is 2.99. The Morgan fingerprint density at radius 3 is 3.11 bits per heavy atom. The van der Waals surface area contributed by atoms with Crippen LogP contribution in [0.2, 0.25) is 5.02 Å². The van der Waals surface area contributed by atoms with E-state index < -0.39 is 0 Å². The first-order valence-corrected chi connectivity index (χ1v) is 7.27. The van der Waals surface area contributed by atoms with Crippen molar-refractivity contribution < 1.29 is 0 Å². The summed E-state index contributed by atoms with van der Waals surface area (Å²) in [6.07, 6.45) is 4.71. The second-order valence-corrected chi connectivity index (χ2v) is 5.93. The molecule has 1 aromatic carbocycles. The van der Waals surface area contributed by atoms with E-state index >= 15 is 0 Å². The van der Waals surface area contributed by atoms with E-state index in [0.717, 1.165) is 23.6 Å². The largest absolute Gasteiger partial charge is 0.361 e. The molecule has 4 heteroatoms. The number of nitrogens with one attached hydrogen (secondary N) is 2. The lowest BCUT2D eigenvalue weighted by molar-refractivity contribution is 0.294. The maximum absolute atomic E-state index is 6.01. The fraction of sp³-hybridized carbons (Fsp3) is 0.467. The summed E-state index contributed by atoms with van der Waals surface area (Å²) in [6, 6.07) is 6.70. The zero-order valence-electron chi connectivity index (χ0n) is 11.2. The minimum absolute atomic E-state index is 0.657. The van der Waals surface area contributed by atoms with E-state index in [1.54, 1.807) is 0 Å². The number of aromatic nitrogens is 1. The minimum Gasteiger partial charge on any atom is -0.361 e. The molecule has 2 aromatic rings. The van der Waals surface area contributed by atoms with Gasteiger partial charge in [-0.05, 0) is 44.1 Å². The van der Waals surface area contributed by atoms with Crippen molar-refractivity contribution in [2.45, 2.75) is 25.4 Å². The summed E-state index contributed by atoms with van der Waals surface area (Å²) >= 11 is 6.01. The zero-order valence-corrected chi connectivity index (χ0v) is 12.0. The van der Waals surface area contributed by atoms with Gasteiger partial charge in [0.05, 0.1) is 0 Å². The SMILES string of the molecule is CN(Cc1c[nH]c2cc(Cl)ccc12)CC1CCCN1. The van der Waals surface area contributed by atoms with Gasteiger partial charge in [0.25, 0.3) is 0 Å². The maximum atomic E-state index is 6.01. The Morgan fingerprint density at radius 1 is 1.42 bits per heavy atom. The highest BCUT2D eigenvalue weighted by Gasteiger charge is 2.16. The first-order valence-electron chi connectivity index (χ1n) is 6.90. The number of nitrogens with zero attached hydrogens (tertiary/aromatic N) is 1. The Morgan fingerprint density at radius 2 is 2.32 bits per heavy atom. The highest BCUT2D eigenvalue weighted by Crippen LogP contribution is 2.23. The lowest BCUT2D eigenvalue weighted by Crippen LogP contribution is -2.34. The van der Waals surface area contributed by atoms with E-state index in [1.807, 2.05) is 12.1 Å². The number of hydrogen-bond acceptors (Lipinski definition) is 2. The summed E-state index contributed by atoms with van der Waals surface area (Å²) in [5.74, 6) is 0. The van der Waals surface area contributed by atoms with Crippen molar-refractivity contribution in [1.29, 1.82) is 0 Å². The van der Waals surface area contributed by atoms with Crippen LogP contribution in [0.25, 0.3) is 10.9 Å². The molecule has 1 unspecified atom stereocenters. The molecule has 3 nitrogen and oxygen atoms in total. The lowest BCUT2D eigenvalue weighted by Gasteiger charge is -2.20. The second-order valence-electron chi connectivity index (χ2n) is 5.49. The average molecular weight is 278 g/mol. The molecule has 2 heterocycles. The van der Waals surface area contributed by atoms with E-state index in [0.29, 0.717) is 6.04 Å². The number of halogens is 1. The van der Waals surface area contributed by atoms with Crippen LogP contribution in [-0.2, 0) is 6.54 Å². The monoisotopic (exact) mass is 277 g/mol. The van der Waals surface area contributed by atoms with Crippen molar-refractivity contribution in [3.05, 3.63) is 35.0 Å². The molecule has 0 saturated carbocycles. The van der Waals surface area contributed by atoms with Crippen LogP contribution in [0.1, 0.15) is 18.4 Å². The molecule has 0 spiro atoms. The van der Waals surface area contributed by atoms with Crippen molar-refractivity contribution in [3.63, 3.8) is 0 Å². The Hall–Kier alpha value is -1.03. The number of rotatable bonds is 4. The topological polar surface area (TPSA) is 31.1 Å². The fourth-order valence-corrected chi connectivity index (χ4v) is 3.11. The van der Waals surface area contributed by atoms with E-state index in [4.69, 9.17) is 11.6 Å². The zero-order chi connectivity index (χ0) is 13.2. The molecular weight excluding hydrogens is 258 g/mol. The summed E-state index contributed by atoms with van der Waals surface area (Å²) in [4.78, 5) is 5.69. The van der Waals surface area contributed by atoms with E-state index in [-0.39, 0.29) is 0 Å². The Balaban J connectivity index is 1.70. The van der Waals surface area contributed by atoms with Gasteiger partial charge in [-0.25, -0.2) is 0 Å². The summed E-state index contributed by atoms with van der Waals surface area (Å²) in [6.45, 7) is 3.25. The highest BCUT2D eigenvalue weighted by molar-refractivity contribution is 6.31. The van der Waals surface area contributed by atoms with Crippen LogP contribution >= 0.6 is 11.6 Å². The van der Waals surface area contributed by atoms with E-state index in [2.05, 4.69) is 34.5 Å². The molecule has 0 amide bonds. The molecule has 1 aliphatic heterocycles. The molecule has 19 heavy (non-hydrogen) atoms. The third-order valence-corrected chi connectivity index (χ3v) is 4.10. The number of aromatic amines is 1. The molecule has 2 N–H and O–H groups in total. The van der Waals surface area contributed by atoms with Gasteiger partial charge in [-0.2, -0.15) is 0 Å². The molecule has 1 aromatic heterocycles. The lowest BCUT2D eigenvalue weighted by atomic mass is 10.1. The fourth-order valence-electron chi connectivity index (χ4n) is 2.93. The van der Waals surface area contributed by atoms with Crippen LogP contribution in [0.15, 0.2) is 24.4 Å². The molecule has 1 fully saturated rings. The van der Waals surface area contributed by atoms with Crippen molar-refractivity contribution in [2.24, 2.45) is 0 Å². The van der Waals surface area contributed by atoms with Gasteiger partial charge in [0.15, 0.2) is 0 Å². The molecule has 3 rings (SSSR count). The number of likely N-dealkylation sites (N-methyl/N-ethyl adjacent to an activating group) is 1. The number of hydrogen-bond donors (Lipinski definition) is 2. The van der Waals surface area contributed by atoms with Gasteiger partial charge in [-0.15, -0.1) is 0 Å². The first-order chi connectivity index (χ1) is 9.22. The molecule has 0 aliphatic carbocycles. The van der Waals surface area contributed by atoms with Crippen LogP contribution in [-0.4, -0.2) is 36.1 Å². The molecule has 102 valence electrons. The van der Waals surface area contributed by atoms with Gasteiger partial charge >= 0.3 is 0 Å². The van der Waals surface area contributed by atoms with Gasteiger partial charge in [0.2, 0.25) is 0 Å². The van der Waals surface area contributed by atoms with Gasteiger partial charge in [0, 0.05) is 41.3 Å².